The van der Waals surface area contributed by atoms with Crippen LogP contribution in [0.4, 0.5) is 13.2 Å². The Morgan fingerprint density at radius 2 is 2.17 bits per heavy atom. The van der Waals surface area contributed by atoms with Gasteiger partial charge in [-0.15, -0.1) is 0 Å². The summed E-state index contributed by atoms with van der Waals surface area (Å²) in [7, 11) is 0. The van der Waals surface area contributed by atoms with Gasteiger partial charge in [-0.2, -0.15) is 24.9 Å². The van der Waals surface area contributed by atoms with E-state index in [4.69, 9.17) is 0 Å². The summed E-state index contributed by atoms with van der Waals surface area (Å²) in [4.78, 5) is 15.4. The lowest BCUT2D eigenvalue weighted by Gasteiger charge is -2.10. The lowest BCUT2D eigenvalue weighted by molar-refractivity contribution is -0.154. The van der Waals surface area contributed by atoms with Gasteiger partial charge in [0.25, 0.3) is 0 Å². The van der Waals surface area contributed by atoms with Gasteiger partial charge in [0.2, 0.25) is 11.8 Å². The molecule has 0 aliphatic rings. The normalized spacial score (nSPS) is 11.6. The van der Waals surface area contributed by atoms with E-state index in [9.17, 15) is 18.0 Å². The van der Waals surface area contributed by atoms with Crippen molar-refractivity contribution < 1.29 is 22.7 Å². The number of hydrogen-bond donors (Lipinski definition) is 1. The van der Waals surface area contributed by atoms with Crippen molar-refractivity contribution in [2.75, 3.05) is 18.1 Å². The predicted molar refractivity (Wildman–Crippen MR) is 84.4 cm³/mol. The number of rotatable bonds is 9. The highest BCUT2D eigenvalue weighted by atomic mass is 32.2. The Hall–Kier alpha value is -1.44. The van der Waals surface area contributed by atoms with Crippen molar-refractivity contribution in [3.8, 4) is 5.88 Å². The molecule has 0 bridgehead atoms. The number of halogens is 3. The number of thioether (sulfide) groups is 1. The SMILES string of the molecule is CC(C)CCSCC(=O)NCc1ccnc(OCC(F)(F)F)c1. The van der Waals surface area contributed by atoms with Crippen LogP contribution in [0, 0.1) is 5.92 Å². The summed E-state index contributed by atoms with van der Waals surface area (Å²) >= 11 is 1.56. The number of amides is 1. The fourth-order valence-corrected chi connectivity index (χ4v) is 2.60. The first-order valence-corrected chi connectivity index (χ1v) is 8.40. The summed E-state index contributed by atoms with van der Waals surface area (Å²) in [5.74, 6) is 1.69. The second kappa shape index (κ2) is 9.64. The van der Waals surface area contributed by atoms with Gasteiger partial charge < -0.3 is 10.1 Å². The molecular formula is C15H21F3N2O2S. The quantitative estimate of drug-likeness (QED) is 0.694. The van der Waals surface area contributed by atoms with Crippen molar-refractivity contribution in [3.05, 3.63) is 23.9 Å². The zero-order valence-corrected chi connectivity index (χ0v) is 14.0. The molecule has 0 fully saturated rings. The molecule has 1 aromatic rings. The highest BCUT2D eigenvalue weighted by Crippen LogP contribution is 2.17. The van der Waals surface area contributed by atoms with E-state index in [1.807, 2.05) is 0 Å². The average Bonchev–Trinajstić information content (AvgIpc) is 2.47. The molecule has 4 nitrogen and oxygen atoms in total. The molecule has 0 saturated heterocycles. The smallest absolute Gasteiger partial charge is 0.422 e. The topological polar surface area (TPSA) is 51.2 Å². The maximum atomic E-state index is 12.1. The summed E-state index contributed by atoms with van der Waals surface area (Å²) in [5, 5.41) is 2.72. The number of aromatic nitrogens is 1. The first-order chi connectivity index (χ1) is 10.8. The third-order valence-corrected chi connectivity index (χ3v) is 3.74. The number of ether oxygens (including phenoxy) is 1. The molecule has 1 N–H and O–H groups in total. The molecule has 0 spiro atoms. The van der Waals surface area contributed by atoms with Gasteiger partial charge in [0.05, 0.1) is 5.75 Å². The highest BCUT2D eigenvalue weighted by molar-refractivity contribution is 7.99. The number of pyridine rings is 1. The van der Waals surface area contributed by atoms with Crippen molar-refractivity contribution in [1.29, 1.82) is 0 Å². The largest absolute Gasteiger partial charge is 0.468 e. The number of carbonyl (C=O) groups excluding carboxylic acids is 1. The maximum Gasteiger partial charge on any atom is 0.422 e. The number of nitrogens with one attached hydrogen (secondary N) is 1. The van der Waals surface area contributed by atoms with Gasteiger partial charge in [0, 0.05) is 18.8 Å². The van der Waals surface area contributed by atoms with Gasteiger partial charge in [0.15, 0.2) is 6.61 Å². The lowest BCUT2D eigenvalue weighted by Crippen LogP contribution is -2.25. The van der Waals surface area contributed by atoms with Crippen molar-refractivity contribution in [3.63, 3.8) is 0 Å². The van der Waals surface area contributed by atoms with Gasteiger partial charge >= 0.3 is 6.18 Å². The van der Waals surface area contributed by atoms with Gasteiger partial charge in [-0.3, -0.25) is 4.79 Å². The van der Waals surface area contributed by atoms with Crippen molar-refractivity contribution in [1.82, 2.24) is 10.3 Å². The molecular weight excluding hydrogens is 329 g/mol. The molecule has 0 aliphatic carbocycles. The third-order valence-electron chi connectivity index (χ3n) is 2.75. The molecule has 0 aromatic carbocycles. The Kier molecular flexibility index (Phi) is 8.22. The van der Waals surface area contributed by atoms with Gasteiger partial charge in [0.1, 0.15) is 0 Å². The lowest BCUT2D eigenvalue weighted by atomic mass is 10.2. The van der Waals surface area contributed by atoms with Crippen LogP contribution < -0.4 is 10.1 Å². The first kappa shape index (κ1) is 19.6. The van der Waals surface area contributed by atoms with E-state index in [-0.39, 0.29) is 18.3 Å². The molecule has 1 aromatic heterocycles. The summed E-state index contributed by atoms with van der Waals surface area (Å²) in [6, 6.07) is 3.00. The summed E-state index contributed by atoms with van der Waals surface area (Å²) in [6.07, 6.45) is -1.99. The van der Waals surface area contributed by atoms with E-state index in [0.29, 0.717) is 17.2 Å². The van der Waals surface area contributed by atoms with E-state index >= 15 is 0 Å². The molecule has 1 rings (SSSR count). The molecule has 0 saturated carbocycles. The molecule has 130 valence electrons. The Labute approximate surface area is 138 Å². The fraction of sp³-hybridized carbons (Fsp3) is 0.600. The Morgan fingerprint density at radius 3 is 2.83 bits per heavy atom. The standard InChI is InChI=1S/C15H21F3N2O2S/c1-11(2)4-6-23-9-13(21)20-8-12-3-5-19-14(7-12)22-10-15(16,17)18/h3,5,7,11H,4,6,8-10H2,1-2H3,(H,20,21). The van der Waals surface area contributed by atoms with Crippen molar-refractivity contribution in [2.24, 2.45) is 5.92 Å². The molecule has 0 unspecified atom stereocenters. The third kappa shape index (κ3) is 10.0. The summed E-state index contributed by atoms with van der Waals surface area (Å²) in [6.45, 7) is 3.10. The second-order valence-electron chi connectivity index (χ2n) is 5.42. The molecule has 0 atom stereocenters. The molecule has 1 amide bonds. The van der Waals surface area contributed by atoms with Crippen LogP contribution in [-0.4, -0.2) is 35.2 Å². The minimum absolute atomic E-state index is 0.103. The van der Waals surface area contributed by atoms with Crippen molar-refractivity contribution in [2.45, 2.75) is 33.0 Å². The summed E-state index contributed by atoms with van der Waals surface area (Å²) < 4.78 is 40.8. The van der Waals surface area contributed by atoms with E-state index in [1.165, 1.54) is 12.3 Å². The van der Waals surface area contributed by atoms with Gasteiger partial charge in [-0.05, 0) is 29.7 Å². The van der Waals surface area contributed by atoms with Crippen LogP contribution in [-0.2, 0) is 11.3 Å². The van der Waals surface area contributed by atoms with Crippen LogP contribution in [0.3, 0.4) is 0 Å². The van der Waals surface area contributed by atoms with Crippen LogP contribution in [0.25, 0.3) is 0 Å². The second-order valence-corrected chi connectivity index (χ2v) is 6.52. The molecule has 1 heterocycles. The number of hydrogen-bond acceptors (Lipinski definition) is 4. The number of carbonyl (C=O) groups is 1. The van der Waals surface area contributed by atoms with Gasteiger partial charge in [-0.25, -0.2) is 4.98 Å². The van der Waals surface area contributed by atoms with E-state index < -0.39 is 12.8 Å². The maximum absolute atomic E-state index is 12.1. The average molecular weight is 350 g/mol. The fourth-order valence-electron chi connectivity index (χ4n) is 1.53. The molecule has 0 aliphatic heterocycles. The van der Waals surface area contributed by atoms with Crippen LogP contribution in [0.1, 0.15) is 25.8 Å². The Morgan fingerprint density at radius 1 is 1.43 bits per heavy atom. The molecule has 8 heteroatoms. The first-order valence-electron chi connectivity index (χ1n) is 7.25. The van der Waals surface area contributed by atoms with E-state index in [1.54, 1.807) is 17.8 Å². The van der Waals surface area contributed by atoms with Crippen LogP contribution in [0.5, 0.6) is 5.88 Å². The van der Waals surface area contributed by atoms with Crippen molar-refractivity contribution >= 4 is 17.7 Å². The number of nitrogens with zero attached hydrogens (tertiary/aromatic N) is 1. The molecule has 23 heavy (non-hydrogen) atoms. The highest BCUT2D eigenvalue weighted by Gasteiger charge is 2.28. The van der Waals surface area contributed by atoms with E-state index in [2.05, 4.69) is 28.9 Å². The zero-order valence-electron chi connectivity index (χ0n) is 13.2. The van der Waals surface area contributed by atoms with E-state index in [0.717, 1.165) is 12.2 Å². The molecule has 0 radical (unpaired) electrons. The Balaban J connectivity index is 2.32. The minimum Gasteiger partial charge on any atom is -0.468 e. The zero-order chi connectivity index (χ0) is 17.3. The summed E-state index contributed by atoms with van der Waals surface area (Å²) in [5.41, 5.74) is 0.637. The van der Waals surface area contributed by atoms with Crippen LogP contribution in [0.2, 0.25) is 0 Å². The van der Waals surface area contributed by atoms with Crippen LogP contribution >= 0.6 is 11.8 Å². The Bertz CT molecular complexity index is 496. The van der Waals surface area contributed by atoms with Gasteiger partial charge in [-0.1, -0.05) is 13.8 Å². The van der Waals surface area contributed by atoms with Crippen LogP contribution in [0.15, 0.2) is 18.3 Å². The minimum atomic E-state index is -4.40. The predicted octanol–water partition coefficient (Wildman–Crippen LogP) is 3.42. The number of alkyl halides is 3. The monoisotopic (exact) mass is 350 g/mol.